The molecule has 2 aromatic rings. The van der Waals surface area contributed by atoms with Crippen molar-refractivity contribution in [2.45, 2.75) is 52.7 Å². The molecule has 1 heterocycles. The van der Waals surface area contributed by atoms with Crippen molar-refractivity contribution in [1.82, 2.24) is 9.97 Å². The summed E-state index contributed by atoms with van der Waals surface area (Å²) in [5.41, 5.74) is -0.0238. The van der Waals surface area contributed by atoms with Gasteiger partial charge in [-0.15, -0.1) is 0 Å². The molecular formula is C17H23N3O4. The summed E-state index contributed by atoms with van der Waals surface area (Å²) in [6.45, 7) is 10.4. The molecule has 7 nitrogen and oxygen atoms in total. The van der Waals surface area contributed by atoms with E-state index in [0.29, 0.717) is 16.7 Å². The number of H-pyrrole nitrogens is 1. The standard InChI is InChI=1S/C17H23N3O4/c1-16(2,3)23-14(21)20(15(22)24-17(4,5)6)12-9-7-8-11-13(12)19-10-18-11/h7-10H,1-6H3,(H,18,19). The van der Waals surface area contributed by atoms with E-state index in [-0.39, 0.29) is 0 Å². The van der Waals surface area contributed by atoms with Gasteiger partial charge in [-0.2, -0.15) is 4.90 Å². The van der Waals surface area contributed by atoms with E-state index in [0.717, 1.165) is 4.90 Å². The van der Waals surface area contributed by atoms with Gasteiger partial charge in [-0.25, -0.2) is 14.6 Å². The minimum absolute atomic E-state index is 0.303. The van der Waals surface area contributed by atoms with Gasteiger partial charge in [-0.05, 0) is 53.7 Å². The number of benzene rings is 1. The van der Waals surface area contributed by atoms with Crippen molar-refractivity contribution >= 4 is 28.9 Å². The van der Waals surface area contributed by atoms with E-state index in [1.165, 1.54) is 6.33 Å². The van der Waals surface area contributed by atoms with Crippen LogP contribution in [0, 0.1) is 0 Å². The number of hydrogen-bond donors (Lipinski definition) is 1. The van der Waals surface area contributed by atoms with Gasteiger partial charge in [-0.1, -0.05) is 6.07 Å². The number of nitrogens with one attached hydrogen (secondary N) is 1. The number of aromatic amines is 1. The molecule has 0 aliphatic carbocycles. The lowest BCUT2D eigenvalue weighted by atomic mass is 10.2. The molecule has 0 unspecified atom stereocenters. The highest BCUT2D eigenvalue weighted by atomic mass is 16.6. The van der Waals surface area contributed by atoms with Crippen LogP contribution in [-0.4, -0.2) is 33.4 Å². The second kappa shape index (κ2) is 6.14. The van der Waals surface area contributed by atoms with Crippen LogP contribution in [0.3, 0.4) is 0 Å². The highest BCUT2D eigenvalue weighted by Gasteiger charge is 2.33. The summed E-state index contributed by atoms with van der Waals surface area (Å²) in [7, 11) is 0. The molecule has 0 saturated heterocycles. The lowest BCUT2D eigenvalue weighted by molar-refractivity contribution is 0.0431. The number of hydrogen-bond acceptors (Lipinski definition) is 5. The van der Waals surface area contributed by atoms with Crippen LogP contribution < -0.4 is 4.90 Å². The Labute approximate surface area is 141 Å². The Kier molecular flexibility index (Phi) is 4.55. The summed E-state index contributed by atoms with van der Waals surface area (Å²) < 4.78 is 10.7. The Morgan fingerprint density at radius 1 is 1.00 bits per heavy atom. The predicted molar refractivity (Wildman–Crippen MR) is 91.0 cm³/mol. The molecule has 0 atom stereocenters. The molecule has 0 bridgehead atoms. The van der Waals surface area contributed by atoms with Crippen LogP contribution in [0.2, 0.25) is 0 Å². The van der Waals surface area contributed by atoms with Gasteiger partial charge in [0, 0.05) is 0 Å². The van der Waals surface area contributed by atoms with Gasteiger partial charge in [-0.3, -0.25) is 0 Å². The normalized spacial score (nSPS) is 12.1. The molecule has 0 fully saturated rings. The SMILES string of the molecule is CC(C)(C)OC(=O)N(C(=O)OC(C)(C)C)c1cccc2[nH]cnc12. The Balaban J connectivity index is 2.48. The number of rotatable bonds is 1. The molecule has 24 heavy (non-hydrogen) atoms. The number of amides is 2. The van der Waals surface area contributed by atoms with Gasteiger partial charge in [0.25, 0.3) is 0 Å². The van der Waals surface area contributed by atoms with Gasteiger partial charge in [0.2, 0.25) is 0 Å². The van der Waals surface area contributed by atoms with Crippen molar-refractivity contribution in [2.75, 3.05) is 4.90 Å². The predicted octanol–water partition coefficient (Wildman–Crippen LogP) is 4.24. The number of anilines is 1. The highest BCUT2D eigenvalue weighted by molar-refractivity contribution is 6.13. The van der Waals surface area contributed by atoms with E-state index in [1.54, 1.807) is 59.7 Å². The molecule has 0 aliphatic heterocycles. The molecule has 1 N–H and O–H groups in total. The van der Waals surface area contributed by atoms with Crippen molar-refractivity contribution in [3.05, 3.63) is 24.5 Å². The summed E-state index contributed by atoms with van der Waals surface area (Å²) >= 11 is 0. The molecule has 0 aliphatic rings. The Morgan fingerprint density at radius 3 is 2.04 bits per heavy atom. The molecule has 2 amide bonds. The van der Waals surface area contributed by atoms with E-state index in [1.807, 2.05) is 0 Å². The van der Waals surface area contributed by atoms with E-state index in [2.05, 4.69) is 9.97 Å². The molecule has 7 heteroatoms. The number of carbonyl (C=O) groups is 2. The molecule has 0 spiro atoms. The lowest BCUT2D eigenvalue weighted by Gasteiger charge is -2.28. The third-order valence-electron chi connectivity index (χ3n) is 2.82. The van der Waals surface area contributed by atoms with Crippen LogP contribution in [0.4, 0.5) is 15.3 Å². The number of fused-ring (bicyclic) bond motifs is 1. The fraction of sp³-hybridized carbons (Fsp3) is 0.471. The van der Waals surface area contributed by atoms with Crippen LogP contribution in [0.5, 0.6) is 0 Å². The molecule has 0 radical (unpaired) electrons. The van der Waals surface area contributed by atoms with Crippen molar-refractivity contribution in [2.24, 2.45) is 0 Å². The maximum absolute atomic E-state index is 12.6. The molecule has 130 valence electrons. The molecular weight excluding hydrogens is 310 g/mol. The summed E-state index contributed by atoms with van der Waals surface area (Å²) in [5.74, 6) is 0. The lowest BCUT2D eigenvalue weighted by Crippen LogP contribution is -2.43. The fourth-order valence-corrected chi connectivity index (χ4v) is 2.02. The number of nitrogens with zero attached hydrogens (tertiary/aromatic N) is 2. The van der Waals surface area contributed by atoms with Crippen molar-refractivity contribution in [3.63, 3.8) is 0 Å². The number of aromatic nitrogens is 2. The third-order valence-corrected chi connectivity index (χ3v) is 2.82. The Morgan fingerprint density at radius 2 is 1.54 bits per heavy atom. The van der Waals surface area contributed by atoms with Crippen molar-refractivity contribution < 1.29 is 19.1 Å². The first-order valence-corrected chi connectivity index (χ1v) is 7.66. The minimum atomic E-state index is -0.813. The van der Waals surface area contributed by atoms with Gasteiger partial charge in [0.05, 0.1) is 17.5 Å². The smallest absolute Gasteiger partial charge is 0.424 e. The summed E-state index contributed by atoms with van der Waals surface area (Å²) in [6, 6.07) is 5.14. The average molecular weight is 333 g/mol. The number of para-hydroxylation sites is 1. The molecule has 2 rings (SSSR count). The van der Waals surface area contributed by atoms with Gasteiger partial charge in [0.1, 0.15) is 16.7 Å². The maximum Gasteiger partial charge on any atom is 0.424 e. The first kappa shape index (κ1) is 17.8. The zero-order valence-electron chi connectivity index (χ0n) is 14.8. The van der Waals surface area contributed by atoms with Crippen LogP contribution in [-0.2, 0) is 9.47 Å². The second-order valence-corrected chi connectivity index (χ2v) is 7.37. The van der Waals surface area contributed by atoms with Crippen LogP contribution in [0.15, 0.2) is 24.5 Å². The largest absolute Gasteiger partial charge is 0.443 e. The van der Waals surface area contributed by atoms with Crippen LogP contribution in [0.1, 0.15) is 41.5 Å². The topological polar surface area (TPSA) is 84.5 Å². The molecule has 0 saturated carbocycles. The van der Waals surface area contributed by atoms with Gasteiger partial charge in [0.15, 0.2) is 0 Å². The molecule has 1 aromatic carbocycles. The van der Waals surface area contributed by atoms with Gasteiger partial charge >= 0.3 is 12.2 Å². The zero-order chi connectivity index (χ0) is 18.1. The summed E-state index contributed by atoms with van der Waals surface area (Å²) in [5, 5.41) is 0. The number of imidazole rings is 1. The first-order valence-electron chi connectivity index (χ1n) is 7.66. The van der Waals surface area contributed by atoms with Crippen molar-refractivity contribution in [1.29, 1.82) is 0 Å². The second-order valence-electron chi connectivity index (χ2n) is 7.37. The van der Waals surface area contributed by atoms with Crippen molar-refractivity contribution in [3.8, 4) is 0 Å². The number of carbonyl (C=O) groups excluding carboxylic acids is 2. The third kappa shape index (κ3) is 4.24. The van der Waals surface area contributed by atoms with E-state index in [4.69, 9.17) is 9.47 Å². The van der Waals surface area contributed by atoms with Gasteiger partial charge < -0.3 is 14.5 Å². The maximum atomic E-state index is 12.6. The molecule has 1 aromatic heterocycles. The minimum Gasteiger partial charge on any atom is -0.443 e. The van der Waals surface area contributed by atoms with E-state index in [9.17, 15) is 9.59 Å². The number of ether oxygens (including phenoxy) is 2. The highest BCUT2D eigenvalue weighted by Crippen LogP contribution is 2.27. The quantitative estimate of drug-likeness (QED) is 0.843. The van der Waals surface area contributed by atoms with Crippen LogP contribution >= 0.6 is 0 Å². The fourth-order valence-electron chi connectivity index (χ4n) is 2.02. The van der Waals surface area contributed by atoms with E-state index < -0.39 is 23.4 Å². The average Bonchev–Trinajstić information content (AvgIpc) is 2.83. The Hall–Kier alpha value is -2.57. The summed E-state index contributed by atoms with van der Waals surface area (Å²) in [6.07, 6.45) is -0.129. The monoisotopic (exact) mass is 333 g/mol. The number of imide groups is 1. The summed E-state index contributed by atoms with van der Waals surface area (Å²) in [4.78, 5) is 33.2. The zero-order valence-corrected chi connectivity index (χ0v) is 14.8. The van der Waals surface area contributed by atoms with E-state index >= 15 is 0 Å². The van der Waals surface area contributed by atoms with Crippen LogP contribution in [0.25, 0.3) is 11.0 Å². The Bertz CT molecular complexity index is 725. The first-order chi connectivity index (χ1) is 11.0.